The number of hydrogen-bond acceptors (Lipinski definition) is 4. The molecule has 27 heavy (non-hydrogen) atoms. The fourth-order valence-electron chi connectivity index (χ4n) is 4.53. The van der Waals surface area contributed by atoms with Crippen molar-refractivity contribution in [3.63, 3.8) is 0 Å². The first-order valence-electron chi connectivity index (χ1n) is 10.0. The Hall–Kier alpha value is -2.04. The van der Waals surface area contributed by atoms with Gasteiger partial charge in [0.1, 0.15) is 18.1 Å². The van der Waals surface area contributed by atoms with Gasteiger partial charge in [-0.05, 0) is 61.5 Å². The predicted molar refractivity (Wildman–Crippen MR) is 108 cm³/mol. The van der Waals surface area contributed by atoms with Gasteiger partial charge in [0.2, 0.25) is 0 Å². The second kappa shape index (κ2) is 8.32. The number of benzene rings is 2. The molecule has 0 amide bonds. The van der Waals surface area contributed by atoms with E-state index in [1.165, 1.54) is 51.0 Å². The van der Waals surface area contributed by atoms with Crippen molar-refractivity contribution in [1.82, 2.24) is 10.2 Å². The second-order valence-electron chi connectivity index (χ2n) is 7.99. The highest BCUT2D eigenvalue weighted by atomic mass is 16.5. The average molecular weight is 367 g/mol. The number of methoxy groups -OCH3 is 1. The number of likely N-dealkylation sites (tertiary alicyclic amines) is 1. The van der Waals surface area contributed by atoms with Gasteiger partial charge in [-0.3, -0.25) is 4.90 Å². The summed E-state index contributed by atoms with van der Waals surface area (Å²) in [5, 5.41) is 3.56. The van der Waals surface area contributed by atoms with Crippen molar-refractivity contribution in [3.05, 3.63) is 59.7 Å². The number of nitrogens with zero attached hydrogens (tertiary/aromatic N) is 1. The van der Waals surface area contributed by atoms with Crippen LogP contribution in [0.25, 0.3) is 0 Å². The molecule has 0 aliphatic carbocycles. The fourth-order valence-corrected chi connectivity index (χ4v) is 4.53. The molecule has 4 rings (SSSR count). The summed E-state index contributed by atoms with van der Waals surface area (Å²) in [6, 6.07) is 16.5. The van der Waals surface area contributed by atoms with Crippen LogP contribution in [-0.4, -0.2) is 38.2 Å². The molecular formula is C23H30N2O2. The average Bonchev–Trinajstić information content (AvgIpc) is 3.15. The summed E-state index contributed by atoms with van der Waals surface area (Å²) in [5.41, 5.74) is 2.90. The molecule has 1 atom stereocenters. The topological polar surface area (TPSA) is 33.7 Å². The number of piperidine rings is 1. The molecule has 0 saturated carbocycles. The van der Waals surface area contributed by atoms with Gasteiger partial charge in [-0.2, -0.15) is 0 Å². The van der Waals surface area contributed by atoms with Crippen LogP contribution < -0.4 is 14.8 Å². The van der Waals surface area contributed by atoms with Crippen molar-refractivity contribution in [2.75, 3.05) is 33.3 Å². The molecule has 2 aliphatic rings. The van der Waals surface area contributed by atoms with Crippen LogP contribution in [0.4, 0.5) is 0 Å². The summed E-state index contributed by atoms with van der Waals surface area (Å²) in [4.78, 5) is 2.62. The lowest BCUT2D eigenvalue weighted by Gasteiger charge is -2.40. The quantitative estimate of drug-likeness (QED) is 0.842. The standard InChI is InChI=1S/C23H30N2O2/c1-26-21-8-4-6-19(14-21)16-27-22-9-3-2-7-20(22)15-25-13-5-10-23(18-25)11-12-24-17-23/h2-4,6-9,14,24H,5,10-13,15-18H2,1H3/t23-/m0/s1. The fraction of sp³-hybridized carbons (Fsp3) is 0.478. The molecule has 1 spiro atoms. The Kier molecular flexibility index (Phi) is 5.65. The van der Waals surface area contributed by atoms with E-state index in [-0.39, 0.29) is 0 Å². The number of hydrogen-bond donors (Lipinski definition) is 1. The van der Waals surface area contributed by atoms with Crippen LogP contribution in [0.5, 0.6) is 11.5 Å². The first-order valence-corrected chi connectivity index (χ1v) is 10.0. The van der Waals surface area contributed by atoms with Gasteiger partial charge in [0.05, 0.1) is 7.11 Å². The van der Waals surface area contributed by atoms with Gasteiger partial charge in [-0.15, -0.1) is 0 Å². The van der Waals surface area contributed by atoms with Crippen LogP contribution >= 0.6 is 0 Å². The van der Waals surface area contributed by atoms with Gasteiger partial charge in [-0.25, -0.2) is 0 Å². The monoisotopic (exact) mass is 366 g/mol. The number of ether oxygens (including phenoxy) is 2. The number of nitrogens with one attached hydrogen (secondary N) is 1. The molecule has 2 saturated heterocycles. The van der Waals surface area contributed by atoms with Gasteiger partial charge in [-0.1, -0.05) is 30.3 Å². The van der Waals surface area contributed by atoms with Gasteiger partial charge in [0.25, 0.3) is 0 Å². The zero-order chi connectivity index (χ0) is 18.5. The normalized spacial score (nSPS) is 22.9. The maximum atomic E-state index is 6.19. The molecule has 1 N–H and O–H groups in total. The largest absolute Gasteiger partial charge is 0.497 e. The van der Waals surface area contributed by atoms with Crippen molar-refractivity contribution >= 4 is 0 Å². The van der Waals surface area contributed by atoms with E-state index in [1.54, 1.807) is 7.11 Å². The molecule has 2 aromatic carbocycles. The summed E-state index contributed by atoms with van der Waals surface area (Å²) < 4.78 is 11.5. The van der Waals surface area contributed by atoms with Gasteiger partial charge in [0.15, 0.2) is 0 Å². The maximum Gasteiger partial charge on any atom is 0.124 e. The highest BCUT2D eigenvalue weighted by Gasteiger charge is 2.37. The minimum Gasteiger partial charge on any atom is -0.497 e. The molecule has 0 radical (unpaired) electrons. The summed E-state index contributed by atoms with van der Waals surface area (Å²) >= 11 is 0. The summed E-state index contributed by atoms with van der Waals surface area (Å²) in [5.74, 6) is 1.86. The van der Waals surface area contributed by atoms with E-state index in [0.29, 0.717) is 12.0 Å². The Morgan fingerprint density at radius 2 is 2.04 bits per heavy atom. The Morgan fingerprint density at radius 3 is 2.89 bits per heavy atom. The minimum atomic E-state index is 0.495. The van der Waals surface area contributed by atoms with Crippen LogP contribution in [0.1, 0.15) is 30.4 Å². The third-order valence-electron chi connectivity index (χ3n) is 5.97. The Morgan fingerprint density at radius 1 is 1.11 bits per heavy atom. The molecule has 4 nitrogen and oxygen atoms in total. The van der Waals surface area contributed by atoms with Gasteiger partial charge in [0, 0.05) is 25.2 Å². The van der Waals surface area contributed by atoms with Crippen molar-refractivity contribution < 1.29 is 9.47 Å². The van der Waals surface area contributed by atoms with Gasteiger partial charge >= 0.3 is 0 Å². The van der Waals surface area contributed by atoms with Crippen LogP contribution in [-0.2, 0) is 13.2 Å². The maximum absolute atomic E-state index is 6.19. The predicted octanol–water partition coefficient (Wildman–Crippen LogP) is 3.85. The third-order valence-corrected chi connectivity index (χ3v) is 5.97. The summed E-state index contributed by atoms with van der Waals surface area (Å²) in [6.45, 7) is 6.26. The van der Waals surface area contributed by atoms with Crippen LogP contribution in [0.15, 0.2) is 48.5 Å². The van der Waals surface area contributed by atoms with Crippen molar-refractivity contribution in [1.29, 1.82) is 0 Å². The van der Waals surface area contributed by atoms with Crippen molar-refractivity contribution in [2.45, 2.75) is 32.4 Å². The van der Waals surface area contributed by atoms with Crippen LogP contribution in [0.2, 0.25) is 0 Å². The number of para-hydroxylation sites is 1. The van der Waals surface area contributed by atoms with E-state index in [9.17, 15) is 0 Å². The molecule has 2 heterocycles. The smallest absolute Gasteiger partial charge is 0.124 e. The highest BCUT2D eigenvalue weighted by Crippen LogP contribution is 2.36. The molecule has 144 valence electrons. The van der Waals surface area contributed by atoms with E-state index in [2.05, 4.69) is 40.5 Å². The zero-order valence-corrected chi connectivity index (χ0v) is 16.2. The molecule has 0 bridgehead atoms. The summed E-state index contributed by atoms with van der Waals surface area (Å²) in [7, 11) is 1.69. The lowest BCUT2D eigenvalue weighted by molar-refractivity contribution is 0.0967. The third kappa shape index (κ3) is 4.45. The Labute approximate surface area is 162 Å². The molecule has 2 fully saturated rings. The molecule has 4 heteroatoms. The summed E-state index contributed by atoms with van der Waals surface area (Å²) in [6.07, 6.45) is 3.98. The molecule has 2 aliphatic heterocycles. The van der Waals surface area contributed by atoms with Crippen molar-refractivity contribution in [3.8, 4) is 11.5 Å². The number of rotatable bonds is 6. The molecule has 2 aromatic rings. The Bertz CT molecular complexity index is 756. The SMILES string of the molecule is COc1cccc(COc2ccccc2CN2CCC[C@@]3(CCNC3)C2)c1. The van der Waals surface area contributed by atoms with E-state index >= 15 is 0 Å². The first-order chi connectivity index (χ1) is 13.3. The first kappa shape index (κ1) is 18.3. The van der Waals surface area contributed by atoms with Gasteiger partial charge < -0.3 is 14.8 Å². The lowest BCUT2D eigenvalue weighted by atomic mass is 9.79. The van der Waals surface area contributed by atoms with Crippen molar-refractivity contribution in [2.24, 2.45) is 5.41 Å². The van der Waals surface area contributed by atoms with E-state index in [0.717, 1.165) is 23.6 Å². The zero-order valence-electron chi connectivity index (χ0n) is 16.2. The minimum absolute atomic E-state index is 0.495. The molecule has 0 aromatic heterocycles. The van der Waals surface area contributed by atoms with E-state index in [4.69, 9.17) is 9.47 Å². The molecule has 0 unspecified atom stereocenters. The molecular weight excluding hydrogens is 336 g/mol. The van der Waals surface area contributed by atoms with E-state index < -0.39 is 0 Å². The second-order valence-corrected chi connectivity index (χ2v) is 7.99. The van der Waals surface area contributed by atoms with Crippen LogP contribution in [0, 0.1) is 5.41 Å². The Balaban J connectivity index is 1.41. The van der Waals surface area contributed by atoms with Crippen LogP contribution in [0.3, 0.4) is 0 Å². The lowest BCUT2D eigenvalue weighted by Crippen LogP contribution is -2.44. The van der Waals surface area contributed by atoms with E-state index in [1.807, 2.05) is 18.2 Å². The highest BCUT2D eigenvalue weighted by molar-refractivity contribution is 5.34.